The maximum atomic E-state index is 12.4. The third-order valence-electron chi connectivity index (χ3n) is 6.03. The van der Waals surface area contributed by atoms with Gasteiger partial charge in [0.05, 0.1) is 6.54 Å². The van der Waals surface area contributed by atoms with Gasteiger partial charge >= 0.3 is 0 Å². The topological polar surface area (TPSA) is 41.5 Å². The van der Waals surface area contributed by atoms with Gasteiger partial charge in [0.25, 0.3) is 0 Å². The predicted molar refractivity (Wildman–Crippen MR) is 93.1 cm³/mol. The molecule has 0 aromatic carbocycles. The van der Waals surface area contributed by atoms with E-state index in [4.69, 9.17) is 0 Å². The van der Waals surface area contributed by atoms with Crippen LogP contribution in [0.15, 0.2) is 16.6 Å². The molecule has 1 aliphatic carbocycles. The highest BCUT2D eigenvalue weighted by Crippen LogP contribution is 2.55. The minimum absolute atomic E-state index is 0.188. The molecule has 0 saturated heterocycles. The Morgan fingerprint density at radius 3 is 2.45 bits per heavy atom. The smallest absolute Gasteiger partial charge is 0.223 e. The first-order chi connectivity index (χ1) is 10.3. The zero-order chi connectivity index (χ0) is 16.4. The molecule has 0 bridgehead atoms. The zero-order valence-corrected chi connectivity index (χ0v) is 14.9. The van der Waals surface area contributed by atoms with Gasteiger partial charge in [0.1, 0.15) is 0 Å². The number of amides is 1. The molecular weight excluding hydrogens is 272 g/mol. The van der Waals surface area contributed by atoms with Gasteiger partial charge in [-0.3, -0.25) is 9.79 Å². The SMILES string of the molecule is CC(C)C1(C(C)(C)C)CCC(C(=O)NCC2=CCN=C2)CC1. The van der Waals surface area contributed by atoms with Crippen molar-refractivity contribution in [3.05, 3.63) is 11.6 Å². The molecular formula is C19H32N2O. The summed E-state index contributed by atoms with van der Waals surface area (Å²) in [6.45, 7) is 13.2. The van der Waals surface area contributed by atoms with Crippen molar-refractivity contribution in [1.82, 2.24) is 5.32 Å². The van der Waals surface area contributed by atoms with Crippen LogP contribution in [0.5, 0.6) is 0 Å². The lowest BCUT2D eigenvalue weighted by Gasteiger charge is -2.52. The Bertz CT molecular complexity index is 460. The molecule has 1 saturated carbocycles. The highest BCUT2D eigenvalue weighted by molar-refractivity contribution is 5.84. The molecule has 3 heteroatoms. The van der Waals surface area contributed by atoms with E-state index in [0.29, 0.717) is 23.3 Å². The first-order valence-corrected chi connectivity index (χ1v) is 8.73. The van der Waals surface area contributed by atoms with E-state index in [1.807, 2.05) is 6.21 Å². The van der Waals surface area contributed by atoms with Gasteiger partial charge in [0, 0.05) is 18.7 Å². The van der Waals surface area contributed by atoms with Crippen molar-refractivity contribution in [3.8, 4) is 0 Å². The summed E-state index contributed by atoms with van der Waals surface area (Å²) in [6, 6.07) is 0. The highest BCUT2D eigenvalue weighted by atomic mass is 16.1. The van der Waals surface area contributed by atoms with Crippen LogP contribution in [0, 0.1) is 22.7 Å². The van der Waals surface area contributed by atoms with Crippen molar-refractivity contribution in [2.45, 2.75) is 60.3 Å². The first kappa shape index (κ1) is 17.2. The van der Waals surface area contributed by atoms with Gasteiger partial charge in [-0.1, -0.05) is 40.7 Å². The van der Waals surface area contributed by atoms with Crippen LogP contribution in [-0.4, -0.2) is 25.2 Å². The van der Waals surface area contributed by atoms with E-state index in [0.717, 1.165) is 37.8 Å². The third kappa shape index (κ3) is 3.44. The number of aliphatic imine (C=N–C) groups is 1. The molecule has 0 atom stereocenters. The number of carbonyl (C=O) groups is 1. The van der Waals surface area contributed by atoms with Crippen molar-refractivity contribution in [3.63, 3.8) is 0 Å². The summed E-state index contributed by atoms with van der Waals surface area (Å²) in [5, 5.41) is 3.09. The van der Waals surface area contributed by atoms with Crippen LogP contribution >= 0.6 is 0 Å². The standard InChI is InChI=1S/C19H32N2O/c1-14(2)19(18(3,4)5)9-6-16(7-10-19)17(22)21-13-15-8-11-20-12-15/h8,12,14,16H,6-7,9-11,13H2,1-5H3,(H,21,22). The van der Waals surface area contributed by atoms with Gasteiger partial charge < -0.3 is 5.32 Å². The number of hydrogen-bond donors (Lipinski definition) is 1. The van der Waals surface area contributed by atoms with Gasteiger partial charge in [-0.25, -0.2) is 0 Å². The summed E-state index contributed by atoms with van der Waals surface area (Å²) in [5.74, 6) is 1.08. The number of nitrogens with zero attached hydrogens (tertiary/aromatic N) is 1. The van der Waals surface area contributed by atoms with E-state index in [1.165, 1.54) is 0 Å². The lowest BCUT2D eigenvalue weighted by atomic mass is 9.53. The molecule has 0 unspecified atom stereocenters. The maximum Gasteiger partial charge on any atom is 0.223 e. The molecule has 2 rings (SSSR count). The van der Waals surface area contributed by atoms with Crippen molar-refractivity contribution in [2.24, 2.45) is 27.7 Å². The summed E-state index contributed by atoms with van der Waals surface area (Å²) in [4.78, 5) is 16.6. The highest BCUT2D eigenvalue weighted by Gasteiger charge is 2.47. The van der Waals surface area contributed by atoms with E-state index < -0.39 is 0 Å². The molecule has 1 N–H and O–H groups in total. The van der Waals surface area contributed by atoms with Gasteiger partial charge in [0.15, 0.2) is 0 Å². The van der Waals surface area contributed by atoms with Crippen molar-refractivity contribution in [2.75, 3.05) is 13.1 Å². The van der Waals surface area contributed by atoms with Crippen LogP contribution in [-0.2, 0) is 4.79 Å². The lowest BCUT2D eigenvalue weighted by Crippen LogP contribution is -2.45. The predicted octanol–water partition coefficient (Wildman–Crippen LogP) is 3.99. The average molecular weight is 304 g/mol. The van der Waals surface area contributed by atoms with E-state index in [-0.39, 0.29) is 11.8 Å². The van der Waals surface area contributed by atoms with Crippen molar-refractivity contribution in [1.29, 1.82) is 0 Å². The third-order valence-corrected chi connectivity index (χ3v) is 6.03. The number of rotatable bonds is 4. The fourth-order valence-corrected chi connectivity index (χ4v) is 4.43. The average Bonchev–Trinajstić information content (AvgIpc) is 2.96. The molecule has 1 amide bonds. The fourth-order valence-electron chi connectivity index (χ4n) is 4.43. The summed E-state index contributed by atoms with van der Waals surface area (Å²) in [5.41, 5.74) is 1.80. The molecule has 1 heterocycles. The molecule has 0 aromatic heterocycles. The van der Waals surface area contributed by atoms with Gasteiger partial charge in [0.2, 0.25) is 5.91 Å². The maximum absolute atomic E-state index is 12.4. The van der Waals surface area contributed by atoms with Gasteiger partial charge in [-0.15, -0.1) is 0 Å². The minimum atomic E-state index is 0.188. The largest absolute Gasteiger partial charge is 0.352 e. The Balaban J connectivity index is 1.90. The quantitative estimate of drug-likeness (QED) is 0.838. The Kier molecular flexibility index (Phi) is 5.14. The van der Waals surface area contributed by atoms with E-state index in [2.05, 4.69) is 51.0 Å². The Labute approximate surface area is 135 Å². The normalized spacial score (nSPS) is 28.8. The molecule has 124 valence electrons. The van der Waals surface area contributed by atoms with Crippen molar-refractivity contribution >= 4 is 12.1 Å². The van der Waals surface area contributed by atoms with E-state index in [1.54, 1.807) is 0 Å². The van der Waals surface area contributed by atoms with Crippen LogP contribution in [0.4, 0.5) is 0 Å². The van der Waals surface area contributed by atoms with Crippen LogP contribution in [0.25, 0.3) is 0 Å². The molecule has 22 heavy (non-hydrogen) atoms. The number of hydrogen-bond acceptors (Lipinski definition) is 2. The molecule has 2 aliphatic rings. The second-order valence-corrected chi connectivity index (χ2v) is 8.33. The Morgan fingerprint density at radius 2 is 2.00 bits per heavy atom. The zero-order valence-electron chi connectivity index (χ0n) is 14.9. The second kappa shape index (κ2) is 6.55. The monoisotopic (exact) mass is 304 g/mol. The minimum Gasteiger partial charge on any atom is -0.352 e. The van der Waals surface area contributed by atoms with Crippen LogP contribution in [0.1, 0.15) is 60.3 Å². The van der Waals surface area contributed by atoms with Gasteiger partial charge in [-0.05, 0) is 48.0 Å². The number of nitrogens with one attached hydrogen (secondary N) is 1. The van der Waals surface area contributed by atoms with Crippen LogP contribution < -0.4 is 5.32 Å². The molecule has 1 aliphatic heterocycles. The molecule has 0 radical (unpaired) electrons. The van der Waals surface area contributed by atoms with E-state index in [9.17, 15) is 4.79 Å². The summed E-state index contributed by atoms with van der Waals surface area (Å²) in [7, 11) is 0. The summed E-state index contributed by atoms with van der Waals surface area (Å²) in [6.07, 6.45) is 8.31. The van der Waals surface area contributed by atoms with Crippen LogP contribution in [0.3, 0.4) is 0 Å². The van der Waals surface area contributed by atoms with E-state index >= 15 is 0 Å². The summed E-state index contributed by atoms with van der Waals surface area (Å²) >= 11 is 0. The molecule has 1 fully saturated rings. The molecule has 0 aromatic rings. The Morgan fingerprint density at radius 1 is 1.36 bits per heavy atom. The lowest BCUT2D eigenvalue weighted by molar-refractivity contribution is -0.128. The fraction of sp³-hybridized carbons (Fsp3) is 0.789. The number of carbonyl (C=O) groups excluding carboxylic acids is 1. The first-order valence-electron chi connectivity index (χ1n) is 8.73. The van der Waals surface area contributed by atoms with Gasteiger partial charge in [-0.2, -0.15) is 0 Å². The molecule has 3 nitrogen and oxygen atoms in total. The summed E-state index contributed by atoms with van der Waals surface area (Å²) < 4.78 is 0. The van der Waals surface area contributed by atoms with Crippen LogP contribution in [0.2, 0.25) is 0 Å². The Hall–Kier alpha value is -1.12. The molecule has 0 spiro atoms. The van der Waals surface area contributed by atoms with Crippen molar-refractivity contribution < 1.29 is 4.79 Å². The second-order valence-electron chi connectivity index (χ2n) is 8.33.